The molecule has 1 aliphatic heterocycles. The highest BCUT2D eigenvalue weighted by Gasteiger charge is 2.35. The maximum atomic E-state index is 6.08. The number of thioether (sulfide) groups is 1. The number of imidazole rings is 1. The second-order valence-corrected chi connectivity index (χ2v) is 5.88. The second-order valence-electron chi connectivity index (χ2n) is 5.08. The molecular formula is C14H16N2OS. The lowest BCUT2D eigenvalue weighted by molar-refractivity contribution is 0.101. The summed E-state index contributed by atoms with van der Waals surface area (Å²) in [5.74, 6) is 0.914. The molecule has 4 heteroatoms. The summed E-state index contributed by atoms with van der Waals surface area (Å²) in [6, 6.07) is 6.24. The first-order valence-electron chi connectivity index (χ1n) is 5.96. The lowest BCUT2D eigenvalue weighted by atomic mass is 9.94. The van der Waals surface area contributed by atoms with E-state index in [-0.39, 0.29) is 5.60 Å². The highest BCUT2D eigenvalue weighted by molar-refractivity contribution is 7.98. The van der Waals surface area contributed by atoms with Gasteiger partial charge in [0.15, 0.2) is 5.16 Å². The topological polar surface area (TPSA) is 37.9 Å². The van der Waals surface area contributed by atoms with Crippen LogP contribution in [0.25, 0.3) is 11.3 Å². The first-order chi connectivity index (χ1) is 8.51. The number of benzene rings is 1. The normalized spacial score (nSPS) is 15.8. The van der Waals surface area contributed by atoms with Crippen molar-refractivity contribution in [3.05, 3.63) is 29.5 Å². The Morgan fingerprint density at radius 2 is 2.11 bits per heavy atom. The molecule has 0 fully saturated rings. The number of fused-ring (bicyclic) bond motifs is 3. The van der Waals surface area contributed by atoms with Gasteiger partial charge >= 0.3 is 0 Å². The van der Waals surface area contributed by atoms with Gasteiger partial charge in [-0.05, 0) is 39.2 Å². The van der Waals surface area contributed by atoms with E-state index in [0.29, 0.717) is 0 Å². The Morgan fingerprint density at radius 1 is 1.33 bits per heavy atom. The van der Waals surface area contributed by atoms with E-state index in [1.165, 1.54) is 5.56 Å². The largest absolute Gasteiger partial charge is 0.481 e. The van der Waals surface area contributed by atoms with E-state index in [1.54, 1.807) is 11.8 Å². The van der Waals surface area contributed by atoms with E-state index in [4.69, 9.17) is 4.74 Å². The number of nitrogens with one attached hydrogen (secondary N) is 1. The first-order valence-corrected chi connectivity index (χ1v) is 7.18. The summed E-state index contributed by atoms with van der Waals surface area (Å²) in [6.07, 6.45) is 2.02. The number of ether oxygens (including phenoxy) is 1. The molecular weight excluding hydrogens is 244 g/mol. The van der Waals surface area contributed by atoms with E-state index in [2.05, 4.69) is 42.9 Å². The van der Waals surface area contributed by atoms with Crippen LogP contribution in [0, 0.1) is 6.92 Å². The monoisotopic (exact) mass is 260 g/mol. The molecule has 0 unspecified atom stereocenters. The number of nitrogens with zero attached hydrogens (tertiary/aromatic N) is 1. The Bertz CT molecular complexity index is 616. The van der Waals surface area contributed by atoms with Crippen LogP contribution in [0.1, 0.15) is 25.1 Å². The Hall–Kier alpha value is -1.42. The molecule has 18 heavy (non-hydrogen) atoms. The fourth-order valence-corrected chi connectivity index (χ4v) is 2.71. The van der Waals surface area contributed by atoms with Gasteiger partial charge < -0.3 is 9.72 Å². The number of H-pyrrole nitrogens is 1. The van der Waals surface area contributed by atoms with Gasteiger partial charge in [-0.2, -0.15) is 0 Å². The molecule has 0 spiro atoms. The van der Waals surface area contributed by atoms with Crippen LogP contribution < -0.4 is 4.74 Å². The van der Waals surface area contributed by atoms with E-state index in [9.17, 15) is 0 Å². The van der Waals surface area contributed by atoms with Crippen molar-refractivity contribution in [2.24, 2.45) is 0 Å². The summed E-state index contributed by atoms with van der Waals surface area (Å²) in [6.45, 7) is 6.22. The number of aromatic nitrogens is 2. The maximum absolute atomic E-state index is 6.08. The van der Waals surface area contributed by atoms with Crippen molar-refractivity contribution in [1.82, 2.24) is 9.97 Å². The third-order valence-corrected chi connectivity index (χ3v) is 3.81. The summed E-state index contributed by atoms with van der Waals surface area (Å²) in [5, 5.41) is 0.936. The lowest BCUT2D eigenvalue weighted by Crippen LogP contribution is -2.29. The van der Waals surface area contributed by atoms with Gasteiger partial charge in [0, 0.05) is 5.56 Å². The van der Waals surface area contributed by atoms with Gasteiger partial charge in [0.05, 0.1) is 5.69 Å². The van der Waals surface area contributed by atoms with Gasteiger partial charge in [0.2, 0.25) is 0 Å². The summed E-state index contributed by atoms with van der Waals surface area (Å²) in [4.78, 5) is 8.04. The minimum Gasteiger partial charge on any atom is -0.481 e. The van der Waals surface area contributed by atoms with E-state index in [1.807, 2.05) is 12.3 Å². The molecule has 0 aliphatic carbocycles. The number of aryl methyl sites for hydroxylation is 1. The van der Waals surface area contributed by atoms with E-state index >= 15 is 0 Å². The summed E-state index contributed by atoms with van der Waals surface area (Å²) >= 11 is 1.62. The first kappa shape index (κ1) is 11.7. The molecule has 0 saturated heterocycles. The maximum Gasteiger partial charge on any atom is 0.165 e. The summed E-state index contributed by atoms with van der Waals surface area (Å²) in [7, 11) is 0. The van der Waals surface area contributed by atoms with E-state index < -0.39 is 0 Å². The average molecular weight is 260 g/mol. The number of rotatable bonds is 1. The molecule has 1 aromatic carbocycles. The van der Waals surface area contributed by atoms with Gasteiger partial charge in [-0.25, -0.2) is 4.98 Å². The predicted octanol–water partition coefficient (Wildman–Crippen LogP) is 3.73. The average Bonchev–Trinajstić information content (AvgIpc) is 2.75. The molecule has 3 nitrogen and oxygen atoms in total. The third-order valence-electron chi connectivity index (χ3n) is 3.23. The quantitative estimate of drug-likeness (QED) is 0.794. The van der Waals surface area contributed by atoms with Crippen molar-refractivity contribution in [1.29, 1.82) is 0 Å². The van der Waals surface area contributed by atoms with Gasteiger partial charge in [-0.15, -0.1) is 0 Å². The zero-order chi connectivity index (χ0) is 12.9. The standard InChI is InChI=1S/C14H16N2OS/c1-8-5-6-10-9(7-8)11-12(14(2,3)17-10)16-13(15-11)18-4/h5-7H,1-4H3,(H,15,16). The van der Waals surface area contributed by atoms with Crippen molar-refractivity contribution in [3.8, 4) is 17.0 Å². The molecule has 1 aliphatic rings. The summed E-state index contributed by atoms with van der Waals surface area (Å²) < 4.78 is 6.08. The number of aromatic amines is 1. The van der Waals surface area contributed by atoms with Crippen LogP contribution in [0.2, 0.25) is 0 Å². The molecule has 0 bridgehead atoms. The molecule has 0 amide bonds. The smallest absolute Gasteiger partial charge is 0.165 e. The van der Waals surface area contributed by atoms with Crippen LogP contribution in [0.3, 0.4) is 0 Å². The van der Waals surface area contributed by atoms with Crippen LogP contribution in [-0.4, -0.2) is 16.2 Å². The molecule has 0 radical (unpaired) electrons. The summed E-state index contributed by atoms with van der Waals surface area (Å²) in [5.41, 5.74) is 4.02. The molecule has 0 saturated carbocycles. The zero-order valence-electron chi connectivity index (χ0n) is 11.0. The van der Waals surface area contributed by atoms with Gasteiger partial charge in [-0.3, -0.25) is 0 Å². The Morgan fingerprint density at radius 3 is 2.83 bits per heavy atom. The fraction of sp³-hybridized carbons (Fsp3) is 0.357. The second kappa shape index (κ2) is 3.79. The Balaban J connectivity index is 2.28. The Labute approximate surface area is 111 Å². The SMILES string of the molecule is CSc1nc2c([nH]1)C(C)(C)Oc1ccc(C)cc1-2. The number of hydrogen-bond donors (Lipinski definition) is 1. The highest BCUT2D eigenvalue weighted by atomic mass is 32.2. The highest BCUT2D eigenvalue weighted by Crippen LogP contribution is 2.44. The molecule has 1 aromatic heterocycles. The van der Waals surface area contributed by atoms with Crippen LogP contribution in [0.15, 0.2) is 23.4 Å². The van der Waals surface area contributed by atoms with Gasteiger partial charge in [-0.1, -0.05) is 23.4 Å². The van der Waals surface area contributed by atoms with Crippen molar-refractivity contribution >= 4 is 11.8 Å². The lowest BCUT2D eigenvalue weighted by Gasteiger charge is -2.31. The fourth-order valence-electron chi connectivity index (χ4n) is 2.32. The predicted molar refractivity (Wildman–Crippen MR) is 74.2 cm³/mol. The van der Waals surface area contributed by atoms with Crippen molar-refractivity contribution in [2.45, 2.75) is 31.5 Å². The van der Waals surface area contributed by atoms with Gasteiger partial charge in [0.25, 0.3) is 0 Å². The molecule has 0 atom stereocenters. The molecule has 1 N–H and O–H groups in total. The van der Waals surface area contributed by atoms with Crippen molar-refractivity contribution in [3.63, 3.8) is 0 Å². The minimum absolute atomic E-state index is 0.363. The Kier molecular flexibility index (Phi) is 2.45. The zero-order valence-corrected chi connectivity index (χ0v) is 11.8. The van der Waals surface area contributed by atoms with Gasteiger partial charge in [0.1, 0.15) is 17.0 Å². The molecule has 2 heterocycles. The van der Waals surface area contributed by atoms with Crippen LogP contribution in [-0.2, 0) is 5.60 Å². The van der Waals surface area contributed by atoms with Crippen LogP contribution in [0.5, 0.6) is 5.75 Å². The number of hydrogen-bond acceptors (Lipinski definition) is 3. The van der Waals surface area contributed by atoms with Crippen LogP contribution >= 0.6 is 11.8 Å². The van der Waals surface area contributed by atoms with Crippen LogP contribution in [0.4, 0.5) is 0 Å². The molecule has 94 valence electrons. The van der Waals surface area contributed by atoms with E-state index in [0.717, 1.165) is 27.9 Å². The minimum atomic E-state index is -0.363. The molecule has 3 rings (SSSR count). The van der Waals surface area contributed by atoms with Crippen molar-refractivity contribution < 1.29 is 4.74 Å². The molecule has 2 aromatic rings. The van der Waals surface area contributed by atoms with Crippen molar-refractivity contribution in [2.75, 3.05) is 6.26 Å². The third kappa shape index (κ3) is 1.63.